The minimum absolute atomic E-state index is 0.365. The maximum atomic E-state index is 5.82. The number of ether oxygens (including phenoxy) is 1. The van der Waals surface area contributed by atoms with Crippen LogP contribution in [-0.2, 0) is 4.74 Å². The lowest BCUT2D eigenvalue weighted by molar-refractivity contribution is 0.0700. The zero-order valence-corrected chi connectivity index (χ0v) is 9.48. The van der Waals surface area contributed by atoms with Gasteiger partial charge in [-0.15, -0.1) is 0 Å². The van der Waals surface area contributed by atoms with Crippen LogP contribution in [0.25, 0.3) is 0 Å². The molecule has 0 aliphatic carbocycles. The van der Waals surface area contributed by atoms with Gasteiger partial charge in [-0.05, 0) is 26.2 Å². The first-order valence-corrected chi connectivity index (χ1v) is 6.36. The Labute approximate surface area is 85.6 Å². The first kappa shape index (κ1) is 11.3. The minimum atomic E-state index is 0.365. The second-order valence-electron chi connectivity index (χ2n) is 3.85. The van der Waals surface area contributed by atoms with E-state index < -0.39 is 0 Å². The fourth-order valence-electron chi connectivity index (χ4n) is 1.48. The van der Waals surface area contributed by atoms with E-state index >= 15 is 0 Å². The molecular formula is C10H21NOS. The third kappa shape index (κ3) is 4.34. The highest BCUT2D eigenvalue weighted by Gasteiger charge is 2.21. The predicted molar refractivity (Wildman–Crippen MR) is 59.2 cm³/mol. The number of hydrogen-bond acceptors (Lipinski definition) is 3. The van der Waals surface area contributed by atoms with Crippen LogP contribution in [0.1, 0.15) is 33.1 Å². The van der Waals surface area contributed by atoms with Gasteiger partial charge in [-0.3, -0.25) is 0 Å². The molecular weight excluding hydrogens is 182 g/mol. The smallest absolute Gasteiger partial charge is 0.0670 e. The Hall–Kier alpha value is 0.270. The summed E-state index contributed by atoms with van der Waals surface area (Å²) in [5.74, 6) is 2.20. The van der Waals surface area contributed by atoms with E-state index in [0.29, 0.717) is 18.2 Å². The summed E-state index contributed by atoms with van der Waals surface area (Å²) in [5.41, 5.74) is 5.82. The summed E-state index contributed by atoms with van der Waals surface area (Å²) in [6, 6.07) is 0.365. The topological polar surface area (TPSA) is 35.2 Å². The van der Waals surface area contributed by atoms with Crippen LogP contribution in [0.15, 0.2) is 0 Å². The predicted octanol–water partition coefficient (Wildman–Crippen LogP) is 2.02. The molecule has 0 aromatic carbocycles. The van der Waals surface area contributed by atoms with Crippen molar-refractivity contribution in [2.24, 2.45) is 5.73 Å². The molecule has 1 aliphatic rings. The van der Waals surface area contributed by atoms with E-state index in [9.17, 15) is 0 Å². The van der Waals surface area contributed by atoms with E-state index in [1.165, 1.54) is 12.8 Å². The molecule has 1 heterocycles. The summed E-state index contributed by atoms with van der Waals surface area (Å²) in [6.07, 6.45) is 4.50. The standard InChI is InChI=1S/C10H21NOS/c1-3-9(11)6-13-7-10-5-4-8(2)12-10/h8-10H,3-7,11H2,1-2H3. The van der Waals surface area contributed by atoms with Crippen LogP contribution in [-0.4, -0.2) is 29.8 Å². The average Bonchev–Trinajstić information content (AvgIpc) is 2.51. The van der Waals surface area contributed by atoms with Crippen molar-refractivity contribution in [2.45, 2.75) is 51.4 Å². The SMILES string of the molecule is CCC(N)CSCC1CCC(C)O1. The normalized spacial score (nSPS) is 30.7. The second kappa shape index (κ2) is 5.89. The zero-order chi connectivity index (χ0) is 9.68. The Morgan fingerprint density at radius 3 is 2.85 bits per heavy atom. The van der Waals surface area contributed by atoms with Gasteiger partial charge in [0.2, 0.25) is 0 Å². The molecule has 1 fully saturated rings. The summed E-state index contributed by atoms with van der Waals surface area (Å²) >= 11 is 1.94. The molecule has 0 bridgehead atoms. The average molecular weight is 203 g/mol. The molecule has 0 amide bonds. The second-order valence-corrected chi connectivity index (χ2v) is 4.93. The van der Waals surface area contributed by atoms with Gasteiger partial charge < -0.3 is 10.5 Å². The van der Waals surface area contributed by atoms with E-state index in [2.05, 4.69) is 13.8 Å². The van der Waals surface area contributed by atoms with Crippen LogP contribution in [0.5, 0.6) is 0 Å². The summed E-state index contributed by atoms with van der Waals surface area (Å²) in [7, 11) is 0. The molecule has 3 atom stereocenters. The molecule has 3 heteroatoms. The maximum absolute atomic E-state index is 5.82. The van der Waals surface area contributed by atoms with Gasteiger partial charge in [0.05, 0.1) is 12.2 Å². The third-order valence-corrected chi connectivity index (χ3v) is 3.75. The Bertz CT molecular complexity index is 143. The summed E-state index contributed by atoms with van der Waals surface area (Å²) < 4.78 is 5.72. The van der Waals surface area contributed by atoms with Crippen LogP contribution >= 0.6 is 11.8 Å². The van der Waals surface area contributed by atoms with Gasteiger partial charge in [-0.25, -0.2) is 0 Å². The minimum Gasteiger partial charge on any atom is -0.374 e. The highest BCUT2D eigenvalue weighted by Crippen LogP contribution is 2.22. The number of hydrogen-bond donors (Lipinski definition) is 1. The van der Waals surface area contributed by atoms with Crippen molar-refractivity contribution < 1.29 is 4.74 Å². The van der Waals surface area contributed by atoms with Gasteiger partial charge in [-0.1, -0.05) is 6.92 Å². The highest BCUT2D eigenvalue weighted by molar-refractivity contribution is 7.99. The van der Waals surface area contributed by atoms with Crippen LogP contribution < -0.4 is 5.73 Å². The van der Waals surface area contributed by atoms with Gasteiger partial charge >= 0.3 is 0 Å². The van der Waals surface area contributed by atoms with E-state index in [1.54, 1.807) is 0 Å². The molecule has 78 valence electrons. The van der Waals surface area contributed by atoms with Gasteiger partial charge in [0.25, 0.3) is 0 Å². The maximum Gasteiger partial charge on any atom is 0.0670 e. The number of thioether (sulfide) groups is 1. The fourth-order valence-corrected chi connectivity index (χ4v) is 2.66. The van der Waals surface area contributed by atoms with Crippen molar-refractivity contribution in [2.75, 3.05) is 11.5 Å². The van der Waals surface area contributed by atoms with Crippen molar-refractivity contribution in [1.29, 1.82) is 0 Å². The summed E-state index contributed by atoms with van der Waals surface area (Å²) in [5, 5.41) is 0. The van der Waals surface area contributed by atoms with E-state index in [4.69, 9.17) is 10.5 Å². The Morgan fingerprint density at radius 2 is 2.31 bits per heavy atom. The highest BCUT2D eigenvalue weighted by atomic mass is 32.2. The van der Waals surface area contributed by atoms with Crippen molar-refractivity contribution in [3.05, 3.63) is 0 Å². The van der Waals surface area contributed by atoms with E-state index in [1.807, 2.05) is 11.8 Å². The lowest BCUT2D eigenvalue weighted by atomic mass is 10.2. The molecule has 0 saturated carbocycles. The van der Waals surface area contributed by atoms with Crippen LogP contribution in [0.2, 0.25) is 0 Å². The third-order valence-electron chi connectivity index (χ3n) is 2.48. The molecule has 1 saturated heterocycles. The molecule has 2 nitrogen and oxygen atoms in total. The fraction of sp³-hybridized carbons (Fsp3) is 1.00. The first-order chi connectivity index (χ1) is 6.22. The van der Waals surface area contributed by atoms with Crippen LogP contribution in [0.4, 0.5) is 0 Å². The summed E-state index contributed by atoms with van der Waals surface area (Å²) in [4.78, 5) is 0. The zero-order valence-electron chi connectivity index (χ0n) is 8.66. The van der Waals surface area contributed by atoms with Crippen LogP contribution in [0, 0.1) is 0 Å². The monoisotopic (exact) mass is 203 g/mol. The Kier molecular flexibility index (Phi) is 5.14. The van der Waals surface area contributed by atoms with E-state index in [0.717, 1.165) is 17.9 Å². The molecule has 3 unspecified atom stereocenters. The van der Waals surface area contributed by atoms with Crippen molar-refractivity contribution >= 4 is 11.8 Å². The van der Waals surface area contributed by atoms with Gasteiger partial charge in [0.1, 0.15) is 0 Å². The number of rotatable bonds is 5. The van der Waals surface area contributed by atoms with Gasteiger partial charge in [0, 0.05) is 17.5 Å². The molecule has 0 spiro atoms. The molecule has 0 aromatic heterocycles. The van der Waals surface area contributed by atoms with Crippen molar-refractivity contribution in [3.8, 4) is 0 Å². The number of nitrogens with two attached hydrogens (primary N) is 1. The van der Waals surface area contributed by atoms with Crippen LogP contribution in [0.3, 0.4) is 0 Å². The molecule has 2 N–H and O–H groups in total. The van der Waals surface area contributed by atoms with Gasteiger partial charge in [0.15, 0.2) is 0 Å². The van der Waals surface area contributed by atoms with Crippen molar-refractivity contribution in [3.63, 3.8) is 0 Å². The lowest BCUT2D eigenvalue weighted by Crippen LogP contribution is -2.22. The first-order valence-electron chi connectivity index (χ1n) is 5.21. The lowest BCUT2D eigenvalue weighted by Gasteiger charge is -2.12. The largest absolute Gasteiger partial charge is 0.374 e. The molecule has 13 heavy (non-hydrogen) atoms. The molecule has 1 aliphatic heterocycles. The van der Waals surface area contributed by atoms with E-state index in [-0.39, 0.29) is 0 Å². The van der Waals surface area contributed by atoms with Gasteiger partial charge in [-0.2, -0.15) is 11.8 Å². The molecule has 1 rings (SSSR count). The van der Waals surface area contributed by atoms with Crippen molar-refractivity contribution in [1.82, 2.24) is 0 Å². The Morgan fingerprint density at radius 1 is 1.54 bits per heavy atom. The Balaban J connectivity index is 2.00. The quantitative estimate of drug-likeness (QED) is 0.742. The molecule has 0 radical (unpaired) electrons. The molecule has 0 aromatic rings. The summed E-state index contributed by atoms with van der Waals surface area (Å²) in [6.45, 7) is 4.29.